The average Bonchev–Trinajstić information content (AvgIpc) is 3.09. The number of carbonyl (C=O) groups is 1. The highest BCUT2D eigenvalue weighted by Crippen LogP contribution is 2.47. The van der Waals surface area contributed by atoms with Crippen molar-refractivity contribution in [1.29, 1.82) is 0 Å². The fourth-order valence-electron chi connectivity index (χ4n) is 6.60. The van der Waals surface area contributed by atoms with Gasteiger partial charge in [0.05, 0.1) is 31.3 Å². The Kier molecular flexibility index (Phi) is 27.2. The average molecular weight is 756 g/mol. The van der Waals surface area contributed by atoms with Crippen LogP contribution in [0.3, 0.4) is 0 Å². The Morgan fingerprint density at radius 2 is 0.980 bits per heavy atom. The van der Waals surface area contributed by atoms with Gasteiger partial charge in [-0.1, -0.05) is 149 Å². The van der Waals surface area contributed by atoms with Crippen molar-refractivity contribution in [2.24, 2.45) is 0 Å². The number of hydrogen-bond donors (Lipinski definition) is 9. The van der Waals surface area contributed by atoms with Crippen LogP contribution in [0.25, 0.3) is 0 Å². The first-order valence-electron chi connectivity index (χ1n) is 20.1. The lowest BCUT2D eigenvalue weighted by molar-refractivity contribution is -0.220. The predicted molar refractivity (Wildman–Crippen MR) is 197 cm³/mol. The number of phosphoric acid groups is 1. The summed E-state index contributed by atoms with van der Waals surface area (Å²) in [5.41, 5.74) is 0. The van der Waals surface area contributed by atoms with E-state index in [1.54, 1.807) is 0 Å². The van der Waals surface area contributed by atoms with Crippen molar-refractivity contribution in [1.82, 2.24) is 5.32 Å². The highest BCUT2D eigenvalue weighted by molar-refractivity contribution is 7.47. The monoisotopic (exact) mass is 755 g/mol. The third-order valence-electron chi connectivity index (χ3n) is 9.97. The number of unbranched alkanes of at least 4 members (excludes halogenated alkanes) is 19. The zero-order valence-electron chi connectivity index (χ0n) is 31.5. The van der Waals surface area contributed by atoms with Gasteiger partial charge in [-0.3, -0.25) is 13.8 Å². The number of carbonyl (C=O) groups excluding carboxylic acids is 1. The van der Waals surface area contributed by atoms with Crippen LogP contribution in [0.15, 0.2) is 0 Å². The Morgan fingerprint density at radius 3 is 1.41 bits per heavy atom. The predicted octanol–water partition coefficient (Wildman–Crippen LogP) is 4.92. The highest BCUT2D eigenvalue weighted by atomic mass is 31.2. The molecule has 0 heterocycles. The largest absolute Gasteiger partial charge is 0.472 e. The summed E-state index contributed by atoms with van der Waals surface area (Å²) in [6.07, 6.45) is 10.5. The Morgan fingerprint density at radius 1 is 0.608 bits per heavy atom. The van der Waals surface area contributed by atoms with Crippen LogP contribution in [-0.2, 0) is 18.4 Å². The molecule has 51 heavy (non-hydrogen) atoms. The lowest BCUT2D eigenvalue weighted by Gasteiger charge is -2.41. The van der Waals surface area contributed by atoms with Crippen LogP contribution in [0.1, 0.15) is 168 Å². The van der Waals surface area contributed by atoms with Gasteiger partial charge in [-0.2, -0.15) is 0 Å². The topological polar surface area (TPSA) is 226 Å². The lowest BCUT2D eigenvalue weighted by Crippen LogP contribution is -2.64. The second kappa shape index (κ2) is 28.7. The van der Waals surface area contributed by atoms with Crippen molar-refractivity contribution in [2.75, 3.05) is 6.61 Å². The van der Waals surface area contributed by atoms with E-state index in [0.29, 0.717) is 12.8 Å². The molecule has 8 atom stereocenters. The highest BCUT2D eigenvalue weighted by Gasteiger charge is 2.51. The van der Waals surface area contributed by atoms with Crippen molar-refractivity contribution < 1.29 is 59.0 Å². The molecule has 0 saturated heterocycles. The molecule has 0 aliphatic heterocycles. The zero-order chi connectivity index (χ0) is 38.1. The van der Waals surface area contributed by atoms with Crippen molar-refractivity contribution in [2.45, 2.75) is 223 Å². The number of phosphoric ester groups is 1. The second-order valence-electron chi connectivity index (χ2n) is 14.7. The van der Waals surface area contributed by atoms with E-state index in [2.05, 4.69) is 19.2 Å². The van der Waals surface area contributed by atoms with Gasteiger partial charge < -0.3 is 46.0 Å². The van der Waals surface area contributed by atoms with Crippen molar-refractivity contribution >= 4 is 13.7 Å². The third kappa shape index (κ3) is 21.7. The van der Waals surface area contributed by atoms with Crippen LogP contribution in [0.5, 0.6) is 0 Å². The van der Waals surface area contributed by atoms with E-state index < -0.39 is 75.2 Å². The molecular weight excluding hydrogens is 681 g/mol. The number of aliphatic hydroxyl groups excluding tert-OH is 7. The summed E-state index contributed by atoms with van der Waals surface area (Å²) in [6, 6.07) is -1.14. The van der Waals surface area contributed by atoms with Gasteiger partial charge in [-0.25, -0.2) is 4.57 Å². The normalized spacial score (nSPS) is 25.3. The van der Waals surface area contributed by atoms with Crippen LogP contribution in [0.2, 0.25) is 0 Å². The Hall–Kier alpha value is -0.700. The molecule has 0 radical (unpaired) electrons. The lowest BCUT2D eigenvalue weighted by atomic mass is 9.85. The second-order valence-corrected chi connectivity index (χ2v) is 16.1. The van der Waals surface area contributed by atoms with Crippen LogP contribution in [-0.4, -0.2) is 108 Å². The first-order chi connectivity index (χ1) is 24.3. The van der Waals surface area contributed by atoms with Gasteiger partial charge in [0, 0.05) is 0 Å². The van der Waals surface area contributed by atoms with E-state index in [-0.39, 0.29) is 12.8 Å². The molecule has 9 N–H and O–H groups in total. The quantitative estimate of drug-likeness (QED) is 0.0330. The maximum absolute atomic E-state index is 12.9. The molecule has 1 aliphatic carbocycles. The van der Waals surface area contributed by atoms with E-state index in [0.717, 1.165) is 51.4 Å². The van der Waals surface area contributed by atoms with Gasteiger partial charge in [0.1, 0.15) is 36.6 Å². The summed E-state index contributed by atoms with van der Waals surface area (Å²) in [7, 11) is -5.10. The van der Waals surface area contributed by atoms with Gasteiger partial charge in [0.15, 0.2) is 0 Å². The first kappa shape index (κ1) is 48.3. The molecular formula is C37H74NO12P. The van der Waals surface area contributed by atoms with Gasteiger partial charge in [-0.15, -0.1) is 0 Å². The number of hydrogen-bond acceptors (Lipinski definition) is 11. The Labute approximate surface area is 307 Å². The van der Waals surface area contributed by atoms with Gasteiger partial charge in [-0.05, 0) is 12.8 Å². The minimum absolute atomic E-state index is 0.217. The molecule has 0 aromatic heterocycles. The van der Waals surface area contributed by atoms with Gasteiger partial charge in [0.2, 0.25) is 5.91 Å². The molecule has 1 rings (SSSR count). The Balaban J connectivity index is 2.56. The first-order valence-corrected chi connectivity index (χ1v) is 21.6. The fraction of sp³-hybridized carbons (Fsp3) is 0.973. The molecule has 0 aromatic rings. The van der Waals surface area contributed by atoms with E-state index in [1.165, 1.54) is 77.0 Å². The number of rotatable bonds is 32. The molecule has 1 saturated carbocycles. The zero-order valence-corrected chi connectivity index (χ0v) is 32.4. The Bertz CT molecular complexity index is 901. The van der Waals surface area contributed by atoms with Crippen LogP contribution < -0.4 is 5.32 Å². The molecule has 0 bridgehead atoms. The summed E-state index contributed by atoms with van der Waals surface area (Å²) in [6.45, 7) is 3.71. The van der Waals surface area contributed by atoms with Crippen molar-refractivity contribution in [3.05, 3.63) is 0 Å². The summed E-state index contributed by atoms with van der Waals surface area (Å²) in [4.78, 5) is 23.3. The van der Waals surface area contributed by atoms with Crippen molar-refractivity contribution in [3.63, 3.8) is 0 Å². The molecule has 13 nitrogen and oxygen atoms in total. The number of amides is 1. The van der Waals surface area contributed by atoms with E-state index in [4.69, 9.17) is 9.05 Å². The van der Waals surface area contributed by atoms with E-state index >= 15 is 0 Å². The molecule has 14 heteroatoms. The standard InChI is InChI=1S/C37H74NO12P/c1-3-5-7-9-11-13-14-15-16-17-18-20-22-24-28(39)26-31(41)38-29(30(40)25-23-21-19-12-10-8-6-4-2)27-49-51(47,48)50-37-35(45)33(43)32(42)34(44)36(37)46/h28-30,32-37,39-40,42-46H,3-27H2,1-2H3,(H,38,41)(H,47,48). The molecule has 1 amide bonds. The summed E-state index contributed by atoms with van der Waals surface area (Å²) < 4.78 is 22.7. The molecule has 1 fully saturated rings. The molecule has 0 aromatic carbocycles. The number of nitrogens with one attached hydrogen (secondary N) is 1. The summed E-state index contributed by atoms with van der Waals surface area (Å²) in [5, 5.41) is 74.1. The number of aliphatic hydroxyl groups is 7. The maximum Gasteiger partial charge on any atom is 0.472 e. The van der Waals surface area contributed by atoms with Crippen LogP contribution >= 0.6 is 7.82 Å². The molecule has 1 aliphatic rings. The minimum Gasteiger partial charge on any atom is -0.393 e. The molecule has 8 unspecified atom stereocenters. The van der Waals surface area contributed by atoms with E-state index in [1.807, 2.05) is 0 Å². The molecule has 0 spiro atoms. The fourth-order valence-corrected chi connectivity index (χ4v) is 7.56. The summed E-state index contributed by atoms with van der Waals surface area (Å²) >= 11 is 0. The van der Waals surface area contributed by atoms with Gasteiger partial charge in [0.25, 0.3) is 0 Å². The maximum atomic E-state index is 12.9. The van der Waals surface area contributed by atoms with Crippen molar-refractivity contribution in [3.8, 4) is 0 Å². The van der Waals surface area contributed by atoms with Crippen LogP contribution in [0, 0.1) is 0 Å². The van der Waals surface area contributed by atoms with Gasteiger partial charge >= 0.3 is 7.82 Å². The van der Waals surface area contributed by atoms with Crippen LogP contribution in [0.4, 0.5) is 0 Å². The SMILES string of the molecule is CCCCCCCCCCCCCCCC(O)CC(=O)NC(COP(=O)(O)OC1C(O)C(O)C(O)C(O)C1O)C(O)CCCCCCCCCC. The van der Waals surface area contributed by atoms with E-state index in [9.17, 15) is 50.0 Å². The third-order valence-corrected chi connectivity index (χ3v) is 11.0. The smallest absolute Gasteiger partial charge is 0.393 e. The minimum atomic E-state index is -5.10. The molecule has 304 valence electrons. The summed E-state index contributed by atoms with van der Waals surface area (Å²) in [5.74, 6) is -0.562.